The summed E-state index contributed by atoms with van der Waals surface area (Å²) in [5.41, 5.74) is 5.33. The number of aryl methyl sites for hydroxylation is 4. The van der Waals surface area contributed by atoms with Crippen LogP contribution in [-0.4, -0.2) is 33.7 Å². The summed E-state index contributed by atoms with van der Waals surface area (Å²) in [5, 5.41) is 0. The molecule has 4 rings (SSSR count). The van der Waals surface area contributed by atoms with Gasteiger partial charge in [-0.15, -0.1) is 0 Å². The molecule has 0 radical (unpaired) electrons. The predicted octanol–water partition coefficient (Wildman–Crippen LogP) is 4.99. The molecule has 32 heavy (non-hydrogen) atoms. The van der Waals surface area contributed by atoms with E-state index < -0.39 is 0 Å². The molecule has 0 N–H and O–H groups in total. The SMILES string of the molecule is COc1ccc(CCc2nc(CCc3ccc(OC)cc3)c3ncn(C(C)C)c3n2)cc1. The summed E-state index contributed by atoms with van der Waals surface area (Å²) in [4.78, 5) is 14.5. The minimum absolute atomic E-state index is 0.291. The van der Waals surface area contributed by atoms with Crippen molar-refractivity contribution < 1.29 is 9.47 Å². The van der Waals surface area contributed by atoms with E-state index in [1.807, 2.05) is 30.6 Å². The number of nitrogens with zero attached hydrogens (tertiary/aromatic N) is 4. The Morgan fingerprint density at radius 3 is 1.84 bits per heavy atom. The Kier molecular flexibility index (Phi) is 6.69. The fourth-order valence-electron chi connectivity index (χ4n) is 3.79. The lowest BCUT2D eigenvalue weighted by atomic mass is 10.1. The van der Waals surface area contributed by atoms with E-state index in [1.54, 1.807) is 14.2 Å². The molecule has 0 atom stereocenters. The molecule has 6 heteroatoms. The van der Waals surface area contributed by atoms with Crippen LogP contribution in [-0.2, 0) is 25.7 Å². The van der Waals surface area contributed by atoms with Crippen molar-refractivity contribution in [2.45, 2.75) is 45.6 Å². The lowest BCUT2D eigenvalue weighted by Crippen LogP contribution is -2.07. The first kappa shape index (κ1) is 21.8. The van der Waals surface area contributed by atoms with Gasteiger partial charge in [-0.1, -0.05) is 24.3 Å². The van der Waals surface area contributed by atoms with Gasteiger partial charge in [-0.25, -0.2) is 15.0 Å². The third-order valence-corrected chi connectivity index (χ3v) is 5.70. The first-order valence-corrected chi connectivity index (χ1v) is 11.1. The number of fused-ring (bicyclic) bond motifs is 1. The molecule has 0 saturated carbocycles. The zero-order chi connectivity index (χ0) is 22.5. The maximum atomic E-state index is 5.27. The van der Waals surface area contributed by atoms with E-state index in [0.29, 0.717) is 6.04 Å². The minimum Gasteiger partial charge on any atom is -0.497 e. The molecule has 0 aliphatic heterocycles. The Bertz CT molecular complexity index is 1170. The standard InChI is InChI=1S/C26H30N4O2/c1-18(2)30-17-27-25-23(15-9-19-5-11-21(31-3)12-6-19)28-24(29-26(25)30)16-10-20-7-13-22(32-4)14-8-20/h5-8,11-14,17-18H,9-10,15-16H2,1-4H3. The molecule has 166 valence electrons. The second-order valence-corrected chi connectivity index (χ2v) is 8.20. The molecule has 0 fully saturated rings. The number of methoxy groups -OCH3 is 2. The van der Waals surface area contributed by atoms with Crippen LogP contribution in [0.3, 0.4) is 0 Å². The molecule has 0 aliphatic carbocycles. The van der Waals surface area contributed by atoms with Gasteiger partial charge < -0.3 is 14.0 Å². The zero-order valence-electron chi connectivity index (χ0n) is 19.2. The van der Waals surface area contributed by atoms with Crippen LogP contribution in [0.2, 0.25) is 0 Å². The van der Waals surface area contributed by atoms with Crippen molar-refractivity contribution in [3.05, 3.63) is 77.5 Å². The van der Waals surface area contributed by atoms with Crippen LogP contribution in [0.25, 0.3) is 11.2 Å². The Morgan fingerprint density at radius 2 is 1.31 bits per heavy atom. The van der Waals surface area contributed by atoms with Gasteiger partial charge in [0.1, 0.15) is 22.8 Å². The zero-order valence-corrected chi connectivity index (χ0v) is 19.2. The van der Waals surface area contributed by atoms with Gasteiger partial charge in [0.05, 0.1) is 26.2 Å². The molecule has 2 aromatic carbocycles. The molecule has 2 aromatic heterocycles. The van der Waals surface area contributed by atoms with E-state index in [9.17, 15) is 0 Å². The average molecular weight is 431 g/mol. The number of hydrogen-bond acceptors (Lipinski definition) is 5. The highest BCUT2D eigenvalue weighted by atomic mass is 16.5. The second-order valence-electron chi connectivity index (χ2n) is 8.20. The first-order valence-electron chi connectivity index (χ1n) is 11.1. The van der Waals surface area contributed by atoms with Crippen molar-refractivity contribution in [1.82, 2.24) is 19.5 Å². The smallest absolute Gasteiger partial charge is 0.164 e. The van der Waals surface area contributed by atoms with Crippen molar-refractivity contribution in [1.29, 1.82) is 0 Å². The third-order valence-electron chi connectivity index (χ3n) is 5.70. The molecule has 0 unspecified atom stereocenters. The lowest BCUT2D eigenvalue weighted by molar-refractivity contribution is 0.414. The highest BCUT2D eigenvalue weighted by Gasteiger charge is 2.15. The van der Waals surface area contributed by atoms with Gasteiger partial charge in [0, 0.05) is 12.5 Å². The van der Waals surface area contributed by atoms with E-state index in [0.717, 1.165) is 59.9 Å². The summed E-state index contributed by atoms with van der Waals surface area (Å²) < 4.78 is 12.7. The van der Waals surface area contributed by atoms with Gasteiger partial charge in [0.25, 0.3) is 0 Å². The number of ether oxygens (including phenoxy) is 2. The van der Waals surface area contributed by atoms with E-state index >= 15 is 0 Å². The van der Waals surface area contributed by atoms with Crippen LogP contribution in [0.1, 0.15) is 42.5 Å². The summed E-state index contributed by atoms with van der Waals surface area (Å²) in [6.07, 6.45) is 5.25. The summed E-state index contributed by atoms with van der Waals surface area (Å²) in [6, 6.07) is 16.7. The number of rotatable bonds is 9. The quantitative estimate of drug-likeness (QED) is 0.374. The maximum absolute atomic E-state index is 5.27. The highest BCUT2D eigenvalue weighted by Crippen LogP contribution is 2.21. The van der Waals surface area contributed by atoms with Gasteiger partial charge in [0.15, 0.2) is 5.65 Å². The van der Waals surface area contributed by atoms with Gasteiger partial charge in [-0.2, -0.15) is 0 Å². The van der Waals surface area contributed by atoms with Crippen LogP contribution < -0.4 is 9.47 Å². The molecule has 0 saturated heterocycles. The highest BCUT2D eigenvalue weighted by molar-refractivity contribution is 5.73. The molecule has 2 heterocycles. The van der Waals surface area contributed by atoms with Gasteiger partial charge in [-0.05, 0) is 68.5 Å². The van der Waals surface area contributed by atoms with Crippen LogP contribution in [0.5, 0.6) is 11.5 Å². The Morgan fingerprint density at radius 1 is 0.750 bits per heavy atom. The normalized spacial score (nSPS) is 11.3. The van der Waals surface area contributed by atoms with Crippen molar-refractivity contribution >= 4 is 11.2 Å². The van der Waals surface area contributed by atoms with Crippen molar-refractivity contribution in [3.63, 3.8) is 0 Å². The van der Waals surface area contributed by atoms with Gasteiger partial charge in [0.2, 0.25) is 0 Å². The molecule has 6 nitrogen and oxygen atoms in total. The maximum Gasteiger partial charge on any atom is 0.164 e. The monoisotopic (exact) mass is 430 g/mol. The molecule has 0 aliphatic rings. The number of aromatic nitrogens is 4. The minimum atomic E-state index is 0.291. The van der Waals surface area contributed by atoms with Crippen LogP contribution >= 0.6 is 0 Å². The Hall–Kier alpha value is -3.41. The van der Waals surface area contributed by atoms with Gasteiger partial charge >= 0.3 is 0 Å². The summed E-state index contributed by atoms with van der Waals surface area (Å²) in [6.45, 7) is 4.30. The third kappa shape index (κ3) is 4.90. The fourth-order valence-corrected chi connectivity index (χ4v) is 3.79. The molecule has 0 amide bonds. The molecular formula is C26H30N4O2. The van der Waals surface area contributed by atoms with Gasteiger partial charge in [-0.3, -0.25) is 0 Å². The fraction of sp³-hybridized carbons (Fsp3) is 0.346. The van der Waals surface area contributed by atoms with Crippen molar-refractivity contribution in [2.24, 2.45) is 0 Å². The topological polar surface area (TPSA) is 62.1 Å². The van der Waals surface area contributed by atoms with Crippen LogP contribution in [0.4, 0.5) is 0 Å². The first-order chi connectivity index (χ1) is 15.6. The average Bonchev–Trinajstić information content (AvgIpc) is 3.26. The van der Waals surface area contributed by atoms with E-state index in [2.05, 4.69) is 47.7 Å². The molecular weight excluding hydrogens is 400 g/mol. The number of benzene rings is 2. The number of imidazole rings is 1. The molecule has 0 spiro atoms. The molecule has 0 bridgehead atoms. The Balaban J connectivity index is 1.58. The summed E-state index contributed by atoms with van der Waals surface area (Å²) in [5.74, 6) is 2.60. The van der Waals surface area contributed by atoms with E-state index in [1.165, 1.54) is 11.1 Å². The van der Waals surface area contributed by atoms with E-state index in [-0.39, 0.29) is 0 Å². The van der Waals surface area contributed by atoms with E-state index in [4.69, 9.17) is 19.4 Å². The van der Waals surface area contributed by atoms with Crippen LogP contribution in [0, 0.1) is 0 Å². The molecule has 4 aromatic rings. The summed E-state index contributed by atoms with van der Waals surface area (Å²) >= 11 is 0. The van der Waals surface area contributed by atoms with Crippen molar-refractivity contribution in [2.75, 3.05) is 14.2 Å². The lowest BCUT2D eigenvalue weighted by Gasteiger charge is -2.10. The van der Waals surface area contributed by atoms with Crippen molar-refractivity contribution in [3.8, 4) is 11.5 Å². The summed E-state index contributed by atoms with van der Waals surface area (Å²) in [7, 11) is 3.37. The van der Waals surface area contributed by atoms with Crippen LogP contribution in [0.15, 0.2) is 54.9 Å². The number of hydrogen-bond donors (Lipinski definition) is 0. The Labute approximate surface area is 189 Å². The largest absolute Gasteiger partial charge is 0.497 e. The second kappa shape index (κ2) is 9.81. The predicted molar refractivity (Wildman–Crippen MR) is 127 cm³/mol.